The summed E-state index contributed by atoms with van der Waals surface area (Å²) in [7, 11) is 4.03. The predicted molar refractivity (Wildman–Crippen MR) is 105 cm³/mol. The summed E-state index contributed by atoms with van der Waals surface area (Å²) in [5, 5.41) is 6.07. The lowest BCUT2D eigenvalue weighted by Crippen LogP contribution is -2.34. The lowest BCUT2D eigenvalue weighted by atomic mass is 9.93. The monoisotopic (exact) mass is 403 g/mol. The molecule has 0 saturated carbocycles. The molecule has 0 fully saturated rings. The van der Waals surface area contributed by atoms with Gasteiger partial charge in [0, 0.05) is 25.0 Å². The minimum atomic E-state index is -4.39. The maximum atomic E-state index is 12.8. The van der Waals surface area contributed by atoms with E-state index in [1.54, 1.807) is 18.3 Å². The van der Waals surface area contributed by atoms with Crippen molar-refractivity contribution < 1.29 is 13.2 Å². The zero-order valence-electron chi connectivity index (χ0n) is 15.8. The van der Waals surface area contributed by atoms with Gasteiger partial charge in [0.15, 0.2) is 0 Å². The van der Waals surface area contributed by atoms with Gasteiger partial charge in [-0.2, -0.15) is 18.2 Å². The van der Waals surface area contributed by atoms with Crippen molar-refractivity contribution in [1.82, 2.24) is 14.9 Å². The Kier molecular flexibility index (Phi) is 7.86. The Hall–Kier alpha value is -2.06. The van der Waals surface area contributed by atoms with Crippen molar-refractivity contribution in [3.05, 3.63) is 42.1 Å². The van der Waals surface area contributed by atoms with Gasteiger partial charge in [0.25, 0.3) is 0 Å². The van der Waals surface area contributed by atoms with Gasteiger partial charge in [-0.1, -0.05) is 19.9 Å². The zero-order valence-corrected chi connectivity index (χ0v) is 16.6. The smallest absolute Gasteiger partial charge is 0.369 e. The van der Waals surface area contributed by atoms with Gasteiger partial charge in [0.1, 0.15) is 5.82 Å². The summed E-state index contributed by atoms with van der Waals surface area (Å²) in [4.78, 5) is 10.5. The molecule has 2 rings (SSSR count). The van der Waals surface area contributed by atoms with Crippen molar-refractivity contribution in [2.45, 2.75) is 20.0 Å². The van der Waals surface area contributed by atoms with E-state index < -0.39 is 11.7 Å². The van der Waals surface area contributed by atoms with E-state index in [-0.39, 0.29) is 29.5 Å². The third-order valence-corrected chi connectivity index (χ3v) is 3.59. The van der Waals surface area contributed by atoms with E-state index in [9.17, 15) is 13.2 Å². The fourth-order valence-corrected chi connectivity index (χ4v) is 2.66. The molecule has 1 aromatic heterocycles. The fraction of sp³-hybridized carbons (Fsp3) is 0.444. The minimum Gasteiger partial charge on any atom is -0.369 e. The highest BCUT2D eigenvalue weighted by Crippen LogP contribution is 2.31. The first-order chi connectivity index (χ1) is 12.0. The molecule has 0 saturated heterocycles. The lowest BCUT2D eigenvalue weighted by molar-refractivity contribution is -0.137. The van der Waals surface area contributed by atoms with Crippen LogP contribution in [0.4, 0.5) is 30.6 Å². The van der Waals surface area contributed by atoms with Crippen LogP contribution < -0.4 is 10.6 Å². The largest absolute Gasteiger partial charge is 0.416 e. The van der Waals surface area contributed by atoms with Crippen molar-refractivity contribution in [1.29, 1.82) is 0 Å². The van der Waals surface area contributed by atoms with Crippen LogP contribution in [0.5, 0.6) is 0 Å². The Balaban J connectivity index is 0.00000364. The summed E-state index contributed by atoms with van der Waals surface area (Å²) in [6, 6.07) is 6.67. The fourth-order valence-electron chi connectivity index (χ4n) is 2.66. The van der Waals surface area contributed by atoms with Crippen LogP contribution in [0.2, 0.25) is 0 Å². The number of alkyl halides is 3. The predicted octanol–water partition coefficient (Wildman–Crippen LogP) is 4.66. The first kappa shape index (κ1) is 23.0. The summed E-state index contributed by atoms with van der Waals surface area (Å²) in [5.41, 5.74) is -0.407. The van der Waals surface area contributed by atoms with Gasteiger partial charge in [0.2, 0.25) is 5.95 Å². The third-order valence-electron chi connectivity index (χ3n) is 3.59. The average Bonchev–Trinajstić information content (AvgIpc) is 2.52. The van der Waals surface area contributed by atoms with Crippen LogP contribution in [0.3, 0.4) is 0 Å². The van der Waals surface area contributed by atoms with Crippen LogP contribution in [0, 0.1) is 5.41 Å². The number of hydrogen-bond acceptors (Lipinski definition) is 5. The summed E-state index contributed by atoms with van der Waals surface area (Å²) in [5.74, 6) is 0.848. The molecule has 0 aliphatic carbocycles. The van der Waals surface area contributed by atoms with Gasteiger partial charge < -0.3 is 15.5 Å². The van der Waals surface area contributed by atoms with E-state index in [4.69, 9.17) is 0 Å². The molecule has 0 spiro atoms. The molecule has 5 nitrogen and oxygen atoms in total. The Labute approximate surface area is 163 Å². The van der Waals surface area contributed by atoms with Crippen molar-refractivity contribution >= 4 is 29.9 Å². The van der Waals surface area contributed by atoms with Crippen LogP contribution in [-0.2, 0) is 6.18 Å². The first-order valence-electron chi connectivity index (χ1n) is 8.21. The standard InChI is InChI=1S/C18H24F3N5.ClH/c1-17(2,12-26(3)4)11-23-15-8-9-22-16(25-15)24-14-7-5-6-13(10-14)18(19,20)21;/h5-10H,11-12H2,1-4H3,(H2,22,23,24,25);1H. The number of aromatic nitrogens is 2. The highest BCUT2D eigenvalue weighted by Gasteiger charge is 2.30. The van der Waals surface area contributed by atoms with Crippen molar-refractivity contribution in [2.75, 3.05) is 37.8 Å². The number of hydrogen-bond donors (Lipinski definition) is 2. The molecule has 0 amide bonds. The third kappa shape index (κ3) is 7.60. The van der Waals surface area contributed by atoms with E-state index in [0.29, 0.717) is 12.4 Å². The second-order valence-corrected chi connectivity index (χ2v) is 7.22. The number of anilines is 3. The molecule has 0 radical (unpaired) electrons. The molecule has 1 aromatic carbocycles. The lowest BCUT2D eigenvalue weighted by Gasteiger charge is -2.28. The van der Waals surface area contributed by atoms with Gasteiger partial charge in [-0.05, 0) is 43.8 Å². The molecular formula is C18H25ClF3N5. The molecular weight excluding hydrogens is 379 g/mol. The van der Waals surface area contributed by atoms with Crippen LogP contribution in [0.15, 0.2) is 36.5 Å². The maximum absolute atomic E-state index is 12.8. The molecule has 0 aliphatic heterocycles. The highest BCUT2D eigenvalue weighted by atomic mass is 35.5. The molecule has 150 valence electrons. The summed E-state index contributed by atoms with van der Waals surface area (Å²) >= 11 is 0. The number of nitrogens with one attached hydrogen (secondary N) is 2. The van der Waals surface area contributed by atoms with Crippen molar-refractivity contribution in [3.8, 4) is 0 Å². The van der Waals surface area contributed by atoms with Gasteiger partial charge in [-0.25, -0.2) is 4.98 Å². The Morgan fingerprint density at radius 3 is 2.44 bits per heavy atom. The van der Waals surface area contributed by atoms with E-state index in [0.717, 1.165) is 18.7 Å². The number of nitrogens with zero attached hydrogens (tertiary/aromatic N) is 3. The van der Waals surface area contributed by atoms with E-state index in [2.05, 4.69) is 39.3 Å². The van der Waals surface area contributed by atoms with E-state index in [1.165, 1.54) is 6.07 Å². The summed E-state index contributed by atoms with van der Waals surface area (Å²) in [6.45, 7) is 5.89. The van der Waals surface area contributed by atoms with Gasteiger partial charge >= 0.3 is 6.18 Å². The summed E-state index contributed by atoms with van der Waals surface area (Å²) < 4.78 is 38.4. The SMILES string of the molecule is CN(C)CC(C)(C)CNc1ccnc(Nc2cccc(C(F)(F)F)c2)n1.Cl. The molecule has 9 heteroatoms. The Morgan fingerprint density at radius 1 is 1.11 bits per heavy atom. The molecule has 0 aliphatic rings. The van der Waals surface area contributed by atoms with E-state index in [1.807, 2.05) is 14.1 Å². The molecule has 0 atom stereocenters. The first-order valence-corrected chi connectivity index (χ1v) is 8.21. The number of rotatable bonds is 7. The molecule has 1 heterocycles. The quantitative estimate of drug-likeness (QED) is 0.704. The normalized spacial score (nSPS) is 11.9. The molecule has 2 N–H and O–H groups in total. The van der Waals surface area contributed by atoms with Crippen molar-refractivity contribution in [2.24, 2.45) is 5.41 Å². The van der Waals surface area contributed by atoms with Crippen LogP contribution in [0.25, 0.3) is 0 Å². The van der Waals surface area contributed by atoms with Crippen LogP contribution in [0.1, 0.15) is 19.4 Å². The Morgan fingerprint density at radius 2 is 1.81 bits per heavy atom. The number of benzene rings is 1. The summed E-state index contributed by atoms with van der Waals surface area (Å²) in [6.07, 6.45) is -2.83. The minimum absolute atomic E-state index is 0. The van der Waals surface area contributed by atoms with Gasteiger partial charge in [-0.3, -0.25) is 0 Å². The average molecular weight is 404 g/mol. The molecule has 0 unspecified atom stereocenters. The molecule has 2 aromatic rings. The van der Waals surface area contributed by atoms with Crippen LogP contribution >= 0.6 is 12.4 Å². The van der Waals surface area contributed by atoms with Gasteiger partial charge in [0.05, 0.1) is 5.56 Å². The van der Waals surface area contributed by atoms with Crippen molar-refractivity contribution in [3.63, 3.8) is 0 Å². The second kappa shape index (κ2) is 9.23. The molecule has 0 bridgehead atoms. The van der Waals surface area contributed by atoms with E-state index >= 15 is 0 Å². The topological polar surface area (TPSA) is 53.1 Å². The second-order valence-electron chi connectivity index (χ2n) is 7.22. The highest BCUT2D eigenvalue weighted by molar-refractivity contribution is 5.85. The zero-order chi connectivity index (χ0) is 19.4. The van der Waals surface area contributed by atoms with Crippen LogP contribution in [-0.4, -0.2) is 42.1 Å². The Bertz CT molecular complexity index is 735. The number of halogens is 4. The maximum Gasteiger partial charge on any atom is 0.416 e. The van der Waals surface area contributed by atoms with Gasteiger partial charge in [-0.15, -0.1) is 12.4 Å². The molecule has 27 heavy (non-hydrogen) atoms.